The van der Waals surface area contributed by atoms with Crippen molar-refractivity contribution in [3.05, 3.63) is 36.7 Å². The van der Waals surface area contributed by atoms with Gasteiger partial charge in [0.15, 0.2) is 0 Å². The van der Waals surface area contributed by atoms with Gasteiger partial charge in [-0.1, -0.05) is 6.08 Å². The number of halogens is 1. The number of aromatic nitrogens is 2. The number of nitrogens with one attached hydrogen (secondary N) is 1. The molecule has 0 amide bonds. The van der Waals surface area contributed by atoms with Gasteiger partial charge in [-0.15, -0.1) is 6.58 Å². The van der Waals surface area contributed by atoms with Crippen molar-refractivity contribution in [2.75, 3.05) is 18.5 Å². The summed E-state index contributed by atoms with van der Waals surface area (Å²) >= 11 is 0. The zero-order chi connectivity index (χ0) is 12.3. The lowest BCUT2D eigenvalue weighted by Crippen LogP contribution is -2.09. The van der Waals surface area contributed by atoms with Crippen LogP contribution >= 0.6 is 0 Å². The van der Waals surface area contributed by atoms with Crippen molar-refractivity contribution in [3.63, 3.8) is 0 Å². The molecule has 2 aromatic rings. The lowest BCUT2D eigenvalue weighted by atomic mass is 10.3. The Morgan fingerprint density at radius 3 is 3.06 bits per heavy atom. The van der Waals surface area contributed by atoms with Crippen molar-refractivity contribution in [3.8, 4) is 0 Å². The summed E-state index contributed by atoms with van der Waals surface area (Å²) in [5, 5.41) is 12.1. The molecule has 2 N–H and O–H groups in total. The highest BCUT2D eigenvalue weighted by atomic mass is 19.1. The average Bonchev–Trinajstić information content (AvgIpc) is 2.64. The number of rotatable bonds is 5. The third kappa shape index (κ3) is 2.29. The van der Waals surface area contributed by atoms with E-state index in [1.807, 2.05) is 4.57 Å². The van der Waals surface area contributed by atoms with E-state index in [1.54, 1.807) is 12.1 Å². The monoisotopic (exact) mass is 235 g/mol. The Morgan fingerprint density at radius 2 is 2.35 bits per heavy atom. The Labute approximate surface area is 98.4 Å². The number of aliphatic hydroxyl groups is 1. The first-order valence-corrected chi connectivity index (χ1v) is 5.37. The van der Waals surface area contributed by atoms with Gasteiger partial charge in [0.2, 0.25) is 5.95 Å². The minimum atomic E-state index is -0.318. The molecule has 17 heavy (non-hydrogen) atoms. The molecule has 1 aromatic carbocycles. The summed E-state index contributed by atoms with van der Waals surface area (Å²) in [6.07, 6.45) is 1.71. The van der Waals surface area contributed by atoms with Gasteiger partial charge in [-0.25, -0.2) is 9.37 Å². The highest BCUT2D eigenvalue weighted by molar-refractivity contribution is 5.78. The largest absolute Gasteiger partial charge is 0.395 e. The maximum atomic E-state index is 13.1. The molecule has 1 heterocycles. The van der Waals surface area contributed by atoms with E-state index in [9.17, 15) is 4.39 Å². The molecule has 0 aliphatic rings. The van der Waals surface area contributed by atoms with Crippen LogP contribution in [0.25, 0.3) is 11.0 Å². The zero-order valence-corrected chi connectivity index (χ0v) is 9.36. The molecular weight excluding hydrogens is 221 g/mol. The summed E-state index contributed by atoms with van der Waals surface area (Å²) in [7, 11) is 0. The van der Waals surface area contributed by atoms with E-state index < -0.39 is 0 Å². The van der Waals surface area contributed by atoms with Crippen molar-refractivity contribution in [1.29, 1.82) is 0 Å². The van der Waals surface area contributed by atoms with Gasteiger partial charge >= 0.3 is 0 Å². The fourth-order valence-corrected chi connectivity index (χ4v) is 1.73. The maximum Gasteiger partial charge on any atom is 0.204 e. The van der Waals surface area contributed by atoms with Crippen molar-refractivity contribution < 1.29 is 9.50 Å². The van der Waals surface area contributed by atoms with E-state index in [-0.39, 0.29) is 12.4 Å². The predicted molar refractivity (Wildman–Crippen MR) is 65.5 cm³/mol. The molecule has 0 saturated carbocycles. The third-order valence-electron chi connectivity index (χ3n) is 2.44. The van der Waals surface area contributed by atoms with Gasteiger partial charge in [-0.05, 0) is 12.1 Å². The molecule has 0 saturated heterocycles. The van der Waals surface area contributed by atoms with Gasteiger partial charge in [0.25, 0.3) is 0 Å². The minimum Gasteiger partial charge on any atom is -0.395 e. The number of nitrogens with zero attached hydrogens (tertiary/aromatic N) is 2. The average molecular weight is 235 g/mol. The standard InChI is InChI=1S/C12H14FN3O/c1-2-5-14-12-15-10-8-9(13)3-4-11(10)16(12)6-7-17/h2-4,8,17H,1,5-7H2,(H,14,15). The quantitative estimate of drug-likeness (QED) is 0.776. The Hall–Kier alpha value is -1.88. The molecule has 0 radical (unpaired) electrons. The van der Waals surface area contributed by atoms with Gasteiger partial charge in [0.1, 0.15) is 5.82 Å². The van der Waals surface area contributed by atoms with Crippen LogP contribution in [0.15, 0.2) is 30.9 Å². The molecule has 2 rings (SSSR count). The van der Waals surface area contributed by atoms with Gasteiger partial charge in [0.05, 0.1) is 17.6 Å². The number of fused-ring (bicyclic) bond motifs is 1. The SMILES string of the molecule is C=CCNc1nc2cc(F)ccc2n1CCO. The normalized spacial score (nSPS) is 10.7. The number of hydrogen-bond donors (Lipinski definition) is 2. The number of aliphatic hydroxyl groups excluding tert-OH is 1. The van der Waals surface area contributed by atoms with Gasteiger partial charge in [-0.3, -0.25) is 0 Å². The zero-order valence-electron chi connectivity index (χ0n) is 9.36. The van der Waals surface area contributed by atoms with E-state index in [0.717, 1.165) is 5.52 Å². The first kappa shape index (κ1) is 11.6. The van der Waals surface area contributed by atoms with Crippen molar-refractivity contribution in [2.45, 2.75) is 6.54 Å². The van der Waals surface area contributed by atoms with E-state index in [2.05, 4.69) is 16.9 Å². The smallest absolute Gasteiger partial charge is 0.204 e. The number of anilines is 1. The lowest BCUT2D eigenvalue weighted by Gasteiger charge is -2.07. The fourth-order valence-electron chi connectivity index (χ4n) is 1.73. The van der Waals surface area contributed by atoms with Gasteiger partial charge < -0.3 is 15.0 Å². The van der Waals surface area contributed by atoms with Gasteiger partial charge in [-0.2, -0.15) is 0 Å². The van der Waals surface area contributed by atoms with Crippen LogP contribution in [0.5, 0.6) is 0 Å². The molecule has 0 bridgehead atoms. The number of imidazole rings is 1. The Bertz CT molecular complexity index is 536. The highest BCUT2D eigenvalue weighted by Gasteiger charge is 2.10. The second-order valence-electron chi connectivity index (χ2n) is 3.61. The van der Waals surface area contributed by atoms with Crippen LogP contribution in [0.3, 0.4) is 0 Å². The van der Waals surface area contributed by atoms with Crippen molar-refractivity contribution >= 4 is 17.0 Å². The van der Waals surface area contributed by atoms with Crippen LogP contribution in [-0.2, 0) is 6.54 Å². The van der Waals surface area contributed by atoms with Crippen LogP contribution in [0.1, 0.15) is 0 Å². The molecule has 0 fully saturated rings. The topological polar surface area (TPSA) is 50.1 Å². The Balaban J connectivity index is 2.49. The molecule has 0 atom stereocenters. The summed E-state index contributed by atoms with van der Waals surface area (Å²) in [6, 6.07) is 4.42. The van der Waals surface area contributed by atoms with Crippen molar-refractivity contribution in [1.82, 2.24) is 9.55 Å². The first-order chi connectivity index (χ1) is 8.26. The van der Waals surface area contributed by atoms with Crippen LogP contribution in [0, 0.1) is 5.82 Å². The molecule has 0 aliphatic heterocycles. The fraction of sp³-hybridized carbons (Fsp3) is 0.250. The summed E-state index contributed by atoms with van der Waals surface area (Å²) < 4.78 is 14.9. The molecule has 90 valence electrons. The lowest BCUT2D eigenvalue weighted by molar-refractivity contribution is 0.278. The first-order valence-electron chi connectivity index (χ1n) is 5.37. The second kappa shape index (κ2) is 4.97. The van der Waals surface area contributed by atoms with Crippen molar-refractivity contribution in [2.24, 2.45) is 0 Å². The number of benzene rings is 1. The molecule has 0 unspecified atom stereocenters. The summed E-state index contributed by atoms with van der Waals surface area (Å²) in [4.78, 5) is 4.28. The molecule has 1 aromatic heterocycles. The van der Waals surface area contributed by atoms with Crippen LogP contribution in [0.4, 0.5) is 10.3 Å². The molecular formula is C12H14FN3O. The maximum absolute atomic E-state index is 13.1. The summed E-state index contributed by atoms with van der Waals surface area (Å²) in [5.41, 5.74) is 1.37. The summed E-state index contributed by atoms with van der Waals surface area (Å²) in [5.74, 6) is 0.293. The second-order valence-corrected chi connectivity index (χ2v) is 3.61. The summed E-state index contributed by atoms with van der Waals surface area (Å²) in [6.45, 7) is 4.60. The van der Waals surface area contributed by atoms with E-state index >= 15 is 0 Å². The minimum absolute atomic E-state index is 0.00556. The molecule has 4 nitrogen and oxygen atoms in total. The highest BCUT2D eigenvalue weighted by Crippen LogP contribution is 2.20. The number of hydrogen-bond acceptors (Lipinski definition) is 3. The Morgan fingerprint density at radius 1 is 1.53 bits per heavy atom. The van der Waals surface area contributed by atoms with Crippen LogP contribution in [-0.4, -0.2) is 27.8 Å². The van der Waals surface area contributed by atoms with E-state index in [4.69, 9.17) is 5.11 Å². The predicted octanol–water partition coefficient (Wildman–Crippen LogP) is 1.77. The van der Waals surface area contributed by atoms with E-state index in [1.165, 1.54) is 12.1 Å². The van der Waals surface area contributed by atoms with E-state index in [0.29, 0.717) is 24.6 Å². The van der Waals surface area contributed by atoms with Crippen LogP contribution in [0.2, 0.25) is 0 Å². The third-order valence-corrected chi connectivity index (χ3v) is 2.44. The Kier molecular flexibility index (Phi) is 3.39. The van der Waals surface area contributed by atoms with Gasteiger partial charge in [0, 0.05) is 19.2 Å². The molecule has 0 aliphatic carbocycles. The molecule has 0 spiro atoms. The van der Waals surface area contributed by atoms with Crippen LogP contribution < -0.4 is 5.32 Å². The molecule has 5 heteroatoms.